The third-order valence-corrected chi connectivity index (χ3v) is 4.36. The Kier molecular flexibility index (Phi) is 4.30. The number of carbonyl (C=O) groups excluding carboxylic acids is 1. The molecular formula is C13H16BrClN2O. The molecule has 1 fully saturated rings. The van der Waals surface area contributed by atoms with Gasteiger partial charge in [-0.1, -0.05) is 18.5 Å². The van der Waals surface area contributed by atoms with E-state index in [0.717, 1.165) is 36.1 Å². The van der Waals surface area contributed by atoms with Crippen LogP contribution in [0, 0.1) is 5.41 Å². The molecule has 0 unspecified atom stereocenters. The van der Waals surface area contributed by atoms with Crippen molar-refractivity contribution in [1.82, 2.24) is 5.32 Å². The topological polar surface area (TPSA) is 41.1 Å². The van der Waals surface area contributed by atoms with Gasteiger partial charge in [-0.15, -0.1) is 0 Å². The van der Waals surface area contributed by atoms with Gasteiger partial charge in [-0.05, 0) is 60.1 Å². The highest BCUT2D eigenvalue weighted by Gasteiger charge is 2.34. The van der Waals surface area contributed by atoms with Crippen LogP contribution in [0.2, 0.25) is 5.02 Å². The van der Waals surface area contributed by atoms with E-state index in [2.05, 4.69) is 26.6 Å². The zero-order valence-corrected chi connectivity index (χ0v) is 12.6. The summed E-state index contributed by atoms with van der Waals surface area (Å²) in [5.41, 5.74) is 0.430. The van der Waals surface area contributed by atoms with E-state index in [1.54, 1.807) is 12.1 Å². The van der Waals surface area contributed by atoms with Crippen molar-refractivity contribution < 1.29 is 4.79 Å². The minimum Gasteiger partial charge on any atom is -0.325 e. The van der Waals surface area contributed by atoms with Crippen molar-refractivity contribution >= 4 is 39.1 Å². The number of hydrogen-bond donors (Lipinski definition) is 2. The summed E-state index contributed by atoms with van der Waals surface area (Å²) < 4.78 is 0.845. The molecule has 98 valence electrons. The molecule has 1 saturated heterocycles. The van der Waals surface area contributed by atoms with Crippen molar-refractivity contribution in [3.8, 4) is 0 Å². The molecule has 0 aliphatic carbocycles. The molecule has 0 radical (unpaired) electrons. The van der Waals surface area contributed by atoms with Crippen LogP contribution < -0.4 is 10.6 Å². The molecule has 0 atom stereocenters. The third-order valence-electron chi connectivity index (χ3n) is 3.43. The molecule has 0 saturated carbocycles. The van der Waals surface area contributed by atoms with E-state index in [4.69, 9.17) is 11.6 Å². The average Bonchev–Trinajstić information content (AvgIpc) is 2.35. The molecule has 1 heterocycles. The standard InChI is InChI=1S/C13H16BrClN2O/c1-13(4-6-16-7-5-13)12(18)17-11-8-9(15)2-3-10(11)14/h2-3,8,16H,4-7H2,1H3,(H,17,18). The summed E-state index contributed by atoms with van der Waals surface area (Å²) in [6.45, 7) is 3.79. The maximum atomic E-state index is 12.3. The van der Waals surface area contributed by atoms with E-state index in [0.29, 0.717) is 5.02 Å². The van der Waals surface area contributed by atoms with Crippen LogP contribution in [-0.4, -0.2) is 19.0 Å². The number of anilines is 1. The van der Waals surface area contributed by atoms with Crippen LogP contribution in [0.5, 0.6) is 0 Å². The number of carbonyl (C=O) groups is 1. The van der Waals surface area contributed by atoms with Crippen LogP contribution in [0.25, 0.3) is 0 Å². The molecule has 1 aliphatic heterocycles. The highest BCUT2D eigenvalue weighted by molar-refractivity contribution is 9.10. The number of piperidine rings is 1. The predicted molar refractivity (Wildman–Crippen MR) is 78.0 cm³/mol. The summed E-state index contributed by atoms with van der Waals surface area (Å²) in [4.78, 5) is 12.3. The summed E-state index contributed by atoms with van der Waals surface area (Å²) >= 11 is 9.35. The molecule has 18 heavy (non-hydrogen) atoms. The fraction of sp³-hybridized carbons (Fsp3) is 0.462. The molecule has 1 amide bonds. The van der Waals surface area contributed by atoms with Gasteiger partial charge < -0.3 is 10.6 Å². The van der Waals surface area contributed by atoms with Crippen molar-refractivity contribution in [3.05, 3.63) is 27.7 Å². The minimum atomic E-state index is -0.299. The molecular weight excluding hydrogens is 316 g/mol. The maximum Gasteiger partial charge on any atom is 0.230 e. The normalized spacial score (nSPS) is 18.4. The SMILES string of the molecule is CC1(C(=O)Nc2cc(Cl)ccc2Br)CCNCC1. The highest BCUT2D eigenvalue weighted by atomic mass is 79.9. The Morgan fingerprint density at radius 2 is 2.11 bits per heavy atom. The molecule has 2 rings (SSSR count). The van der Waals surface area contributed by atoms with Crippen LogP contribution in [-0.2, 0) is 4.79 Å². The molecule has 5 heteroatoms. The van der Waals surface area contributed by atoms with Gasteiger partial charge >= 0.3 is 0 Å². The summed E-state index contributed by atoms with van der Waals surface area (Å²) in [5.74, 6) is 0.0620. The predicted octanol–water partition coefficient (Wildman–Crippen LogP) is 3.43. The van der Waals surface area contributed by atoms with E-state index in [9.17, 15) is 4.79 Å². The first-order chi connectivity index (χ1) is 8.51. The molecule has 1 aromatic rings. The number of nitrogens with one attached hydrogen (secondary N) is 2. The zero-order valence-electron chi connectivity index (χ0n) is 10.2. The number of halogens is 2. The van der Waals surface area contributed by atoms with Gasteiger partial charge in [-0.3, -0.25) is 4.79 Å². The number of benzene rings is 1. The number of hydrogen-bond acceptors (Lipinski definition) is 2. The van der Waals surface area contributed by atoms with Crippen LogP contribution in [0.1, 0.15) is 19.8 Å². The van der Waals surface area contributed by atoms with Crippen LogP contribution >= 0.6 is 27.5 Å². The molecule has 0 aromatic heterocycles. The van der Waals surface area contributed by atoms with E-state index < -0.39 is 0 Å². The van der Waals surface area contributed by atoms with Gasteiger partial charge in [0.05, 0.1) is 5.69 Å². The molecule has 2 N–H and O–H groups in total. The lowest BCUT2D eigenvalue weighted by Gasteiger charge is -2.32. The Labute approximate surface area is 120 Å². The lowest BCUT2D eigenvalue weighted by atomic mass is 9.80. The number of rotatable bonds is 2. The van der Waals surface area contributed by atoms with Crippen molar-refractivity contribution in [1.29, 1.82) is 0 Å². The van der Waals surface area contributed by atoms with E-state index in [1.165, 1.54) is 0 Å². The molecule has 1 aromatic carbocycles. The van der Waals surface area contributed by atoms with Crippen LogP contribution in [0.15, 0.2) is 22.7 Å². The van der Waals surface area contributed by atoms with Gasteiger partial charge in [0.2, 0.25) is 5.91 Å². The Morgan fingerprint density at radius 3 is 2.78 bits per heavy atom. The van der Waals surface area contributed by atoms with Crippen LogP contribution in [0.3, 0.4) is 0 Å². The van der Waals surface area contributed by atoms with Crippen molar-refractivity contribution in [2.75, 3.05) is 18.4 Å². The minimum absolute atomic E-state index is 0.0620. The van der Waals surface area contributed by atoms with Crippen molar-refractivity contribution in [2.45, 2.75) is 19.8 Å². The molecule has 0 spiro atoms. The first-order valence-electron chi connectivity index (χ1n) is 5.98. The summed E-state index contributed by atoms with van der Waals surface area (Å²) in [7, 11) is 0. The van der Waals surface area contributed by atoms with Crippen LogP contribution in [0.4, 0.5) is 5.69 Å². The number of amides is 1. The van der Waals surface area contributed by atoms with Gasteiger partial charge in [-0.25, -0.2) is 0 Å². The maximum absolute atomic E-state index is 12.3. The Bertz CT molecular complexity index is 458. The summed E-state index contributed by atoms with van der Waals surface area (Å²) in [6.07, 6.45) is 1.72. The lowest BCUT2D eigenvalue weighted by molar-refractivity contribution is -0.126. The smallest absolute Gasteiger partial charge is 0.230 e. The average molecular weight is 332 g/mol. The van der Waals surface area contributed by atoms with Gasteiger partial charge in [-0.2, -0.15) is 0 Å². The highest BCUT2D eigenvalue weighted by Crippen LogP contribution is 2.32. The summed E-state index contributed by atoms with van der Waals surface area (Å²) in [5, 5.41) is 6.85. The van der Waals surface area contributed by atoms with Gasteiger partial charge in [0.15, 0.2) is 0 Å². The fourth-order valence-corrected chi connectivity index (χ4v) is 2.59. The van der Waals surface area contributed by atoms with Gasteiger partial charge in [0.1, 0.15) is 0 Å². The van der Waals surface area contributed by atoms with E-state index in [1.807, 2.05) is 13.0 Å². The largest absolute Gasteiger partial charge is 0.325 e. The fourth-order valence-electron chi connectivity index (χ4n) is 2.07. The van der Waals surface area contributed by atoms with Crippen molar-refractivity contribution in [2.24, 2.45) is 5.41 Å². The Morgan fingerprint density at radius 1 is 1.44 bits per heavy atom. The Hall–Kier alpha value is -0.580. The summed E-state index contributed by atoms with van der Waals surface area (Å²) in [6, 6.07) is 5.38. The third kappa shape index (κ3) is 3.05. The lowest BCUT2D eigenvalue weighted by Crippen LogP contribution is -2.42. The quantitative estimate of drug-likeness (QED) is 0.871. The second-order valence-corrected chi connectivity index (χ2v) is 6.18. The first-order valence-corrected chi connectivity index (χ1v) is 7.16. The molecule has 3 nitrogen and oxygen atoms in total. The molecule has 0 bridgehead atoms. The first kappa shape index (κ1) is 13.8. The van der Waals surface area contributed by atoms with E-state index >= 15 is 0 Å². The van der Waals surface area contributed by atoms with E-state index in [-0.39, 0.29) is 11.3 Å². The molecule has 1 aliphatic rings. The second-order valence-electron chi connectivity index (χ2n) is 4.89. The Balaban J connectivity index is 2.13. The monoisotopic (exact) mass is 330 g/mol. The van der Waals surface area contributed by atoms with Gasteiger partial charge in [0.25, 0.3) is 0 Å². The zero-order chi connectivity index (χ0) is 13.2. The van der Waals surface area contributed by atoms with Gasteiger partial charge in [0, 0.05) is 14.9 Å². The van der Waals surface area contributed by atoms with Crippen molar-refractivity contribution in [3.63, 3.8) is 0 Å². The second kappa shape index (κ2) is 5.59.